The molecule has 1 aliphatic carbocycles. The number of rotatable bonds is 1. The number of amides is 2. The smallest absolute Gasteiger partial charge is 0.409 e. The maximum absolute atomic E-state index is 13.6. The third-order valence-electron chi connectivity index (χ3n) is 10.6. The molecule has 1 N–H and O–H groups in total. The zero-order valence-corrected chi connectivity index (χ0v) is 29.2. The Hall–Kier alpha value is -3.28. The van der Waals surface area contributed by atoms with Gasteiger partial charge in [0.1, 0.15) is 24.1 Å². The van der Waals surface area contributed by atoms with Crippen molar-refractivity contribution >= 4 is 39.3 Å². The molecule has 2 amide bonds. The van der Waals surface area contributed by atoms with Crippen molar-refractivity contribution in [2.24, 2.45) is 23.2 Å². The topological polar surface area (TPSA) is 114 Å². The monoisotopic (exact) mass is 685 g/mol. The van der Waals surface area contributed by atoms with Crippen LogP contribution in [0.25, 0.3) is 0 Å². The Morgan fingerprint density at radius 3 is 2.66 bits per heavy atom. The van der Waals surface area contributed by atoms with E-state index < -0.39 is 39.6 Å². The number of carbonyl (C=O) groups is 2. The molecule has 3 heterocycles. The van der Waals surface area contributed by atoms with Crippen molar-refractivity contribution < 1.29 is 32.2 Å². The van der Waals surface area contributed by atoms with Crippen LogP contribution in [0, 0.1) is 23.2 Å². The fourth-order valence-corrected chi connectivity index (χ4v) is 8.63. The second kappa shape index (κ2) is 12.6. The molecular weight excluding hydrogens is 642 g/mol. The zero-order chi connectivity index (χ0) is 33.7. The highest BCUT2D eigenvalue weighted by Gasteiger charge is 2.51. The van der Waals surface area contributed by atoms with Crippen LogP contribution in [0.1, 0.15) is 51.2 Å². The van der Waals surface area contributed by atoms with E-state index in [4.69, 9.17) is 25.8 Å². The van der Waals surface area contributed by atoms with Crippen molar-refractivity contribution in [3.05, 3.63) is 64.7 Å². The van der Waals surface area contributed by atoms with Gasteiger partial charge in [-0.3, -0.25) is 4.79 Å². The van der Waals surface area contributed by atoms with Crippen LogP contribution in [0.4, 0.5) is 10.5 Å². The Labute approximate surface area is 282 Å². The molecule has 2 bridgehead atoms. The highest BCUT2D eigenvalue weighted by Crippen LogP contribution is 2.52. The second-order valence-electron chi connectivity index (χ2n) is 14.1. The SMILES string of the molecule is C[C@H]1C/C=C/[C@H](OC(=O)N(C)C)[C@@H]2CCC2(C)CN2C[C@]3(COc4ccc(cc42)S(=O)(=O)NC(=O)[C@@H]1C)OCCc1cc(Cl)ccc13. The fourth-order valence-electron chi connectivity index (χ4n) is 7.35. The molecular formula is C35H44ClN3O7S. The highest BCUT2D eigenvalue weighted by molar-refractivity contribution is 7.90. The van der Waals surface area contributed by atoms with E-state index in [2.05, 4.69) is 16.5 Å². The third kappa shape index (κ3) is 6.46. The fraction of sp³-hybridized carbons (Fsp3) is 0.543. The van der Waals surface area contributed by atoms with Crippen molar-refractivity contribution in [3.63, 3.8) is 0 Å². The summed E-state index contributed by atoms with van der Waals surface area (Å²) in [4.78, 5) is 29.6. The van der Waals surface area contributed by atoms with Gasteiger partial charge in [0.25, 0.3) is 10.0 Å². The van der Waals surface area contributed by atoms with Crippen molar-refractivity contribution in [3.8, 4) is 5.75 Å². The van der Waals surface area contributed by atoms with E-state index in [0.717, 1.165) is 30.4 Å². The minimum atomic E-state index is -4.18. The van der Waals surface area contributed by atoms with Crippen LogP contribution in [0.2, 0.25) is 5.02 Å². The van der Waals surface area contributed by atoms with Gasteiger partial charge in [-0.1, -0.05) is 44.5 Å². The van der Waals surface area contributed by atoms with Crippen LogP contribution in [0.3, 0.4) is 0 Å². The van der Waals surface area contributed by atoms with Crippen LogP contribution in [0.15, 0.2) is 53.4 Å². The minimum absolute atomic E-state index is 0.000405. The first-order valence-corrected chi connectivity index (χ1v) is 18.1. The number of halogens is 1. The maximum Gasteiger partial charge on any atom is 0.409 e. The lowest BCUT2D eigenvalue weighted by Crippen LogP contribution is -2.55. The zero-order valence-electron chi connectivity index (χ0n) is 27.6. The van der Waals surface area contributed by atoms with Gasteiger partial charge in [-0.25, -0.2) is 17.9 Å². The van der Waals surface area contributed by atoms with Crippen molar-refractivity contribution in [2.45, 2.75) is 63.1 Å². The number of ether oxygens (including phenoxy) is 3. The highest BCUT2D eigenvalue weighted by atomic mass is 35.5. The molecule has 6 atom stereocenters. The van der Waals surface area contributed by atoms with Gasteiger partial charge in [-0.15, -0.1) is 0 Å². The summed E-state index contributed by atoms with van der Waals surface area (Å²) < 4.78 is 48.7. The van der Waals surface area contributed by atoms with Gasteiger partial charge < -0.3 is 24.0 Å². The standard InChI is InChI=1S/C35H44ClN3O7S/c1-22-7-6-8-30(46-33(41)38(4)5)28-13-15-34(28,3)19-39-20-35(27-11-9-25(36)17-24(27)14-16-45-35)21-44-31-12-10-26(18-29(31)39)47(42,43)37-32(40)23(22)2/h6,8-12,17-18,22-23,28,30H,7,13-16,19-21H2,1-5H3,(H,37,40)/b8-6+/t22-,23+,28-,30-,34?,35+/m0/s1. The van der Waals surface area contributed by atoms with E-state index in [9.17, 15) is 18.0 Å². The van der Waals surface area contributed by atoms with Gasteiger partial charge >= 0.3 is 6.09 Å². The van der Waals surface area contributed by atoms with Crippen molar-refractivity contribution in [2.75, 3.05) is 45.3 Å². The van der Waals surface area contributed by atoms with Crippen LogP contribution >= 0.6 is 11.6 Å². The van der Waals surface area contributed by atoms with Gasteiger partial charge in [0.15, 0.2) is 0 Å². The summed E-state index contributed by atoms with van der Waals surface area (Å²) in [6.07, 6.45) is 5.96. The molecule has 1 spiro atoms. The number of sulfonamides is 1. The minimum Gasteiger partial charge on any atom is -0.488 e. The molecule has 254 valence electrons. The Morgan fingerprint density at radius 1 is 1.15 bits per heavy atom. The summed E-state index contributed by atoms with van der Waals surface area (Å²) >= 11 is 6.39. The lowest BCUT2D eigenvalue weighted by atomic mass is 9.58. The summed E-state index contributed by atoms with van der Waals surface area (Å²) in [5.41, 5.74) is 1.53. The quantitative estimate of drug-likeness (QED) is 0.390. The molecule has 6 rings (SSSR count). The average molecular weight is 686 g/mol. The molecule has 2 aromatic carbocycles. The molecule has 3 aliphatic heterocycles. The molecule has 1 saturated carbocycles. The second-order valence-corrected chi connectivity index (χ2v) is 16.2. The van der Waals surface area contributed by atoms with Gasteiger partial charge in [0.05, 0.1) is 23.7 Å². The number of benzene rings is 2. The normalized spacial score (nSPS) is 32.4. The van der Waals surface area contributed by atoms with Gasteiger partial charge in [0.2, 0.25) is 5.91 Å². The molecule has 0 aromatic heterocycles. The molecule has 0 saturated heterocycles. The van der Waals surface area contributed by atoms with Crippen LogP contribution in [-0.4, -0.2) is 71.8 Å². The number of carbonyl (C=O) groups excluding carboxylic acids is 2. The number of fused-ring (bicyclic) bond motifs is 4. The summed E-state index contributed by atoms with van der Waals surface area (Å²) in [6.45, 7) is 7.44. The molecule has 2 aromatic rings. The summed E-state index contributed by atoms with van der Waals surface area (Å²) in [5.74, 6) is -0.798. The lowest BCUT2D eigenvalue weighted by molar-refractivity contribution is -0.124. The number of hydrogen-bond acceptors (Lipinski definition) is 8. The lowest BCUT2D eigenvalue weighted by Gasteiger charge is -2.52. The third-order valence-corrected chi connectivity index (χ3v) is 12.2. The molecule has 0 radical (unpaired) electrons. The molecule has 12 heteroatoms. The first-order valence-electron chi connectivity index (χ1n) is 16.3. The maximum atomic E-state index is 13.6. The molecule has 4 aliphatic rings. The Morgan fingerprint density at radius 2 is 1.94 bits per heavy atom. The molecule has 1 unspecified atom stereocenters. The molecule has 1 fully saturated rings. The van der Waals surface area contributed by atoms with Crippen molar-refractivity contribution in [1.82, 2.24) is 9.62 Å². The van der Waals surface area contributed by atoms with Gasteiger partial charge in [-0.2, -0.15) is 0 Å². The van der Waals surface area contributed by atoms with Gasteiger partial charge in [0, 0.05) is 37.5 Å². The van der Waals surface area contributed by atoms with E-state index in [1.165, 1.54) is 11.0 Å². The largest absolute Gasteiger partial charge is 0.488 e. The first kappa shape index (κ1) is 33.6. The van der Waals surface area contributed by atoms with E-state index in [0.29, 0.717) is 42.6 Å². The molecule has 10 nitrogen and oxygen atoms in total. The Kier molecular flexibility index (Phi) is 9.04. The number of allylic oxidation sites excluding steroid dienone is 1. The van der Waals surface area contributed by atoms with E-state index in [-0.39, 0.29) is 28.8 Å². The first-order chi connectivity index (χ1) is 22.2. The van der Waals surface area contributed by atoms with Crippen molar-refractivity contribution in [1.29, 1.82) is 0 Å². The average Bonchev–Trinajstić information content (AvgIpc) is 3.15. The predicted molar refractivity (Wildman–Crippen MR) is 179 cm³/mol. The van der Waals surface area contributed by atoms with Crippen LogP contribution in [0.5, 0.6) is 5.75 Å². The summed E-state index contributed by atoms with van der Waals surface area (Å²) in [5, 5.41) is 0.653. The van der Waals surface area contributed by atoms with Gasteiger partial charge in [-0.05, 0) is 84.6 Å². The Balaban J connectivity index is 1.47. The van der Waals surface area contributed by atoms with Crippen LogP contribution < -0.4 is 14.4 Å². The number of nitrogens with zero attached hydrogens (tertiary/aromatic N) is 2. The number of anilines is 1. The Bertz CT molecular complexity index is 1700. The van der Waals surface area contributed by atoms with Crippen LogP contribution in [-0.2, 0) is 36.3 Å². The predicted octanol–water partition coefficient (Wildman–Crippen LogP) is 5.53. The van der Waals surface area contributed by atoms with E-state index in [1.807, 2.05) is 37.3 Å². The summed E-state index contributed by atoms with van der Waals surface area (Å²) in [6, 6.07) is 10.6. The van der Waals surface area contributed by atoms with E-state index in [1.54, 1.807) is 33.2 Å². The number of nitrogens with one attached hydrogen (secondary N) is 1. The van der Waals surface area contributed by atoms with E-state index >= 15 is 0 Å². The number of hydrogen-bond donors (Lipinski definition) is 1. The molecule has 47 heavy (non-hydrogen) atoms. The summed E-state index contributed by atoms with van der Waals surface area (Å²) in [7, 11) is -0.849.